The predicted molar refractivity (Wildman–Crippen MR) is 167 cm³/mol. The Morgan fingerprint density at radius 2 is 1.34 bits per heavy atom. The summed E-state index contributed by atoms with van der Waals surface area (Å²) < 4.78 is 11.7. The van der Waals surface area contributed by atoms with E-state index in [0.717, 1.165) is 41.8 Å². The van der Waals surface area contributed by atoms with Gasteiger partial charge in [-0.15, -0.1) is 0 Å². The van der Waals surface area contributed by atoms with Gasteiger partial charge in [-0.05, 0) is 49.7 Å². The van der Waals surface area contributed by atoms with Crippen LogP contribution in [0.3, 0.4) is 0 Å². The maximum atomic E-state index is 11.2. The molecule has 41 heavy (non-hydrogen) atoms. The smallest absolute Gasteiger partial charge is 0.199 e. The highest BCUT2D eigenvalue weighted by molar-refractivity contribution is 6.22. The zero-order valence-electron chi connectivity index (χ0n) is 23.9. The van der Waals surface area contributed by atoms with Crippen LogP contribution in [-0.2, 0) is 13.1 Å². The fourth-order valence-electron chi connectivity index (χ4n) is 5.01. The third-order valence-corrected chi connectivity index (χ3v) is 7.01. The Morgan fingerprint density at radius 1 is 0.756 bits per heavy atom. The Labute approximate surface area is 241 Å². The molecule has 2 N–H and O–H groups in total. The van der Waals surface area contributed by atoms with Gasteiger partial charge in [0.05, 0.1) is 35.7 Å². The Morgan fingerprint density at radius 3 is 1.95 bits per heavy atom. The molecule has 0 atom stereocenters. The Kier molecular flexibility index (Phi) is 9.02. The Bertz CT molecular complexity index is 1590. The number of nitrogens with one attached hydrogen (secondary N) is 1. The van der Waals surface area contributed by atoms with E-state index in [-0.39, 0.29) is 5.88 Å². The number of aromatic hydroxyl groups is 1. The summed E-state index contributed by atoms with van der Waals surface area (Å²) >= 11 is 0. The molecule has 210 valence electrons. The van der Waals surface area contributed by atoms with Gasteiger partial charge in [-0.25, -0.2) is 4.99 Å². The molecule has 5 rings (SSSR count). The minimum atomic E-state index is 0.0508. The maximum absolute atomic E-state index is 11.2. The number of nitrogens with zero attached hydrogens (tertiary/aromatic N) is 2. The molecule has 0 aliphatic rings. The monoisotopic (exact) mass is 547 g/mol. The molecule has 0 radical (unpaired) electrons. The van der Waals surface area contributed by atoms with Crippen LogP contribution in [0.1, 0.15) is 43.0 Å². The molecule has 0 aliphatic carbocycles. The van der Waals surface area contributed by atoms with Crippen molar-refractivity contribution in [2.75, 3.05) is 19.8 Å². The lowest BCUT2D eigenvalue weighted by atomic mass is 10.0. The van der Waals surface area contributed by atoms with Gasteiger partial charge in [0.15, 0.2) is 17.4 Å². The summed E-state index contributed by atoms with van der Waals surface area (Å²) in [6.45, 7) is 9.81. The Hall–Kier alpha value is -4.55. The predicted octanol–water partition coefficient (Wildman–Crippen LogP) is 7.86. The molecule has 0 spiro atoms. The van der Waals surface area contributed by atoms with Crippen LogP contribution in [0.2, 0.25) is 0 Å². The summed E-state index contributed by atoms with van der Waals surface area (Å²) in [6, 6.07) is 32.6. The number of rotatable bonds is 12. The molecule has 0 saturated heterocycles. The van der Waals surface area contributed by atoms with Crippen LogP contribution < -0.4 is 9.47 Å². The van der Waals surface area contributed by atoms with Gasteiger partial charge in [0, 0.05) is 30.1 Å². The number of hydrogen-bond donors (Lipinski definition) is 2. The van der Waals surface area contributed by atoms with Gasteiger partial charge in [0.1, 0.15) is 0 Å². The van der Waals surface area contributed by atoms with E-state index < -0.39 is 0 Å². The molecule has 6 heteroatoms. The van der Waals surface area contributed by atoms with Crippen LogP contribution in [0.5, 0.6) is 17.4 Å². The number of benzene rings is 4. The second-order valence-corrected chi connectivity index (χ2v) is 9.84. The van der Waals surface area contributed by atoms with Crippen LogP contribution in [0, 0.1) is 0 Å². The zero-order chi connectivity index (χ0) is 28.6. The van der Waals surface area contributed by atoms with Crippen molar-refractivity contribution in [3.8, 4) is 17.4 Å². The van der Waals surface area contributed by atoms with Crippen LogP contribution in [0.25, 0.3) is 10.9 Å². The number of H-pyrrole nitrogens is 1. The van der Waals surface area contributed by atoms with Crippen molar-refractivity contribution in [1.82, 2.24) is 9.88 Å². The molecule has 1 aromatic heterocycles. The highest BCUT2D eigenvalue weighted by Gasteiger charge is 2.21. The summed E-state index contributed by atoms with van der Waals surface area (Å²) in [4.78, 5) is 10.6. The molecule has 0 aliphatic heterocycles. The fraction of sp³-hybridized carbons (Fsp3) is 0.229. The fourth-order valence-corrected chi connectivity index (χ4v) is 5.01. The van der Waals surface area contributed by atoms with Crippen molar-refractivity contribution in [1.29, 1.82) is 0 Å². The number of fused-ring (bicyclic) bond motifs is 1. The van der Waals surface area contributed by atoms with Crippen LogP contribution in [-0.4, -0.2) is 40.5 Å². The minimum absolute atomic E-state index is 0.0508. The molecule has 0 bridgehead atoms. The molecule has 4 aromatic carbocycles. The number of aromatic nitrogens is 1. The van der Waals surface area contributed by atoms with Gasteiger partial charge in [-0.3, -0.25) is 4.90 Å². The SMILES string of the molecule is CCOc1cc2[nH]c(O)c(C(=Nc3ccc(CN(CC)Cc4ccccc4)cc3)c3ccccc3)c2cc1OCC. The first-order chi connectivity index (χ1) is 20.1. The first kappa shape index (κ1) is 28.0. The third kappa shape index (κ3) is 6.61. The topological polar surface area (TPSA) is 70.1 Å². The van der Waals surface area contributed by atoms with E-state index in [2.05, 4.69) is 59.3 Å². The lowest BCUT2D eigenvalue weighted by Crippen LogP contribution is -2.22. The van der Waals surface area contributed by atoms with Crippen molar-refractivity contribution in [3.05, 3.63) is 119 Å². The van der Waals surface area contributed by atoms with E-state index in [9.17, 15) is 5.11 Å². The summed E-state index contributed by atoms with van der Waals surface area (Å²) in [7, 11) is 0. The summed E-state index contributed by atoms with van der Waals surface area (Å²) in [5.74, 6) is 1.32. The van der Waals surface area contributed by atoms with E-state index in [1.807, 2.05) is 68.4 Å². The van der Waals surface area contributed by atoms with Gasteiger partial charge in [0.25, 0.3) is 0 Å². The number of ether oxygens (including phenoxy) is 2. The average molecular weight is 548 g/mol. The van der Waals surface area contributed by atoms with Crippen molar-refractivity contribution >= 4 is 22.3 Å². The standard InChI is InChI=1S/C35H37N3O3/c1-4-38(23-25-13-9-7-10-14-25)24-26-17-19-28(20-18-26)36-34(27-15-11-8-12-16-27)33-29-21-31(40-5-2)32(41-6-3)22-30(29)37-35(33)39/h7-22,37,39H,4-6,23-24H2,1-3H3. The number of aromatic amines is 1. The molecule has 0 unspecified atom stereocenters. The minimum Gasteiger partial charge on any atom is -0.494 e. The molecular weight excluding hydrogens is 510 g/mol. The van der Waals surface area contributed by atoms with Gasteiger partial charge < -0.3 is 19.6 Å². The van der Waals surface area contributed by atoms with Gasteiger partial charge in [0.2, 0.25) is 0 Å². The van der Waals surface area contributed by atoms with Crippen molar-refractivity contribution in [2.45, 2.75) is 33.9 Å². The number of aliphatic imine (C=N–C) groups is 1. The molecular formula is C35H37N3O3. The summed E-state index contributed by atoms with van der Waals surface area (Å²) in [5, 5.41) is 12.0. The Balaban J connectivity index is 1.50. The molecule has 6 nitrogen and oxygen atoms in total. The highest BCUT2D eigenvalue weighted by Crippen LogP contribution is 2.38. The first-order valence-electron chi connectivity index (χ1n) is 14.2. The summed E-state index contributed by atoms with van der Waals surface area (Å²) in [6.07, 6.45) is 0. The van der Waals surface area contributed by atoms with Crippen molar-refractivity contribution in [2.24, 2.45) is 4.99 Å². The van der Waals surface area contributed by atoms with E-state index in [1.54, 1.807) is 0 Å². The maximum Gasteiger partial charge on any atom is 0.199 e. The second-order valence-electron chi connectivity index (χ2n) is 9.84. The van der Waals surface area contributed by atoms with E-state index in [4.69, 9.17) is 14.5 Å². The van der Waals surface area contributed by atoms with Crippen molar-refractivity contribution in [3.63, 3.8) is 0 Å². The largest absolute Gasteiger partial charge is 0.494 e. The average Bonchev–Trinajstić information content (AvgIpc) is 3.31. The molecule has 5 aromatic rings. The van der Waals surface area contributed by atoms with Crippen molar-refractivity contribution < 1.29 is 14.6 Å². The van der Waals surface area contributed by atoms with Crippen LogP contribution in [0.4, 0.5) is 5.69 Å². The van der Waals surface area contributed by atoms with E-state index in [1.165, 1.54) is 11.1 Å². The molecule has 0 saturated carbocycles. The molecule has 1 heterocycles. The quantitative estimate of drug-likeness (QED) is 0.156. The normalized spacial score (nSPS) is 11.8. The third-order valence-electron chi connectivity index (χ3n) is 7.01. The van der Waals surface area contributed by atoms with Crippen LogP contribution in [0.15, 0.2) is 102 Å². The zero-order valence-corrected chi connectivity index (χ0v) is 23.9. The summed E-state index contributed by atoms with van der Waals surface area (Å²) in [5.41, 5.74) is 6.29. The van der Waals surface area contributed by atoms with Gasteiger partial charge >= 0.3 is 0 Å². The lowest BCUT2D eigenvalue weighted by Gasteiger charge is -2.20. The van der Waals surface area contributed by atoms with Gasteiger partial charge in [-0.2, -0.15) is 0 Å². The van der Waals surface area contributed by atoms with Gasteiger partial charge in [-0.1, -0.05) is 79.7 Å². The van der Waals surface area contributed by atoms with E-state index >= 15 is 0 Å². The second kappa shape index (κ2) is 13.2. The molecule has 0 amide bonds. The lowest BCUT2D eigenvalue weighted by molar-refractivity contribution is 0.271. The van der Waals surface area contributed by atoms with E-state index in [0.29, 0.717) is 36.0 Å². The highest BCUT2D eigenvalue weighted by atomic mass is 16.5. The molecule has 0 fully saturated rings. The number of hydrogen-bond acceptors (Lipinski definition) is 5. The van der Waals surface area contributed by atoms with Crippen LogP contribution >= 0.6 is 0 Å². The first-order valence-corrected chi connectivity index (χ1v) is 14.2.